The second-order valence-corrected chi connectivity index (χ2v) is 3.40. The number of nitrogens with zero attached hydrogens (tertiary/aromatic N) is 2. The van der Waals surface area contributed by atoms with Gasteiger partial charge in [-0.1, -0.05) is 6.07 Å². The van der Waals surface area contributed by atoms with E-state index in [1.165, 1.54) is 17.7 Å². The number of imidazole rings is 1. The van der Waals surface area contributed by atoms with E-state index in [-0.39, 0.29) is 62.7 Å². The largest absolute Gasteiger partial charge is 1.00 e. The molecule has 90 valence electrons. The molecule has 0 aliphatic heterocycles. The Morgan fingerprint density at radius 3 is 2.67 bits per heavy atom. The van der Waals surface area contributed by atoms with Crippen LogP contribution in [0.15, 0.2) is 24.5 Å². The van der Waals surface area contributed by atoms with Crippen LogP contribution in [0.5, 0.6) is 0 Å². The molecule has 0 saturated carbocycles. The molecule has 9 heteroatoms. The van der Waals surface area contributed by atoms with Crippen LogP contribution in [0.4, 0.5) is 12.9 Å². The first kappa shape index (κ1) is 15.7. The van der Waals surface area contributed by atoms with Gasteiger partial charge < -0.3 is 17.7 Å². The van der Waals surface area contributed by atoms with E-state index in [0.29, 0.717) is 0 Å². The van der Waals surface area contributed by atoms with Gasteiger partial charge in [-0.15, -0.1) is 5.46 Å². The molecule has 0 radical (unpaired) electrons. The Morgan fingerprint density at radius 2 is 2.11 bits per heavy atom. The number of rotatable bonds is 2. The quantitative estimate of drug-likeness (QED) is 0.481. The van der Waals surface area contributed by atoms with Crippen LogP contribution in [0.3, 0.4) is 0 Å². The van der Waals surface area contributed by atoms with Crippen molar-refractivity contribution >= 4 is 24.1 Å². The Balaban J connectivity index is 0.00000162. The van der Waals surface area contributed by atoms with Gasteiger partial charge in [-0.05, 0) is 6.07 Å². The van der Waals surface area contributed by atoms with E-state index in [0.717, 1.165) is 18.3 Å². The van der Waals surface area contributed by atoms with Crippen molar-refractivity contribution in [2.75, 3.05) is 7.11 Å². The van der Waals surface area contributed by atoms with Crippen molar-refractivity contribution in [3.05, 3.63) is 30.2 Å². The Labute approximate surface area is 143 Å². The first-order chi connectivity index (χ1) is 7.93. The SMILES string of the molecule is COC(=O)c1cnc2cc([B-](F)(F)F)ccn12.[K+]. The van der Waals surface area contributed by atoms with Gasteiger partial charge in [0.15, 0.2) is 5.69 Å². The Hall–Kier alpha value is -0.349. The van der Waals surface area contributed by atoms with E-state index in [1.807, 2.05) is 0 Å². The first-order valence-electron chi connectivity index (χ1n) is 4.69. The molecule has 18 heavy (non-hydrogen) atoms. The maximum Gasteiger partial charge on any atom is 1.00 e. The fraction of sp³-hybridized carbons (Fsp3) is 0.111. The normalized spacial score (nSPS) is 11.1. The number of aromatic nitrogens is 2. The molecule has 2 heterocycles. The van der Waals surface area contributed by atoms with Crippen LogP contribution in [-0.4, -0.2) is 29.4 Å². The van der Waals surface area contributed by atoms with Crippen LogP contribution in [0.25, 0.3) is 5.65 Å². The smallest absolute Gasteiger partial charge is 0.464 e. The molecule has 0 fully saturated rings. The third kappa shape index (κ3) is 2.97. The minimum absolute atomic E-state index is 0. The number of fused-ring (bicyclic) bond motifs is 1. The Kier molecular flexibility index (Phi) is 5.01. The topological polar surface area (TPSA) is 43.6 Å². The van der Waals surface area contributed by atoms with Gasteiger partial charge in [0.05, 0.1) is 13.3 Å². The molecular formula is C9H7BF3KN2O2. The van der Waals surface area contributed by atoms with E-state index < -0.39 is 18.4 Å². The van der Waals surface area contributed by atoms with Gasteiger partial charge in [0.1, 0.15) is 5.65 Å². The van der Waals surface area contributed by atoms with Crippen LogP contribution < -0.4 is 56.8 Å². The van der Waals surface area contributed by atoms with E-state index in [2.05, 4.69) is 9.72 Å². The van der Waals surface area contributed by atoms with Crippen molar-refractivity contribution in [1.29, 1.82) is 0 Å². The summed E-state index contributed by atoms with van der Waals surface area (Å²) in [6.07, 6.45) is 2.33. The zero-order chi connectivity index (χ0) is 12.6. The van der Waals surface area contributed by atoms with E-state index in [4.69, 9.17) is 0 Å². The molecule has 0 aliphatic rings. The molecule has 0 aromatic carbocycles. The molecule has 2 aromatic heterocycles. The number of methoxy groups -OCH3 is 1. The average Bonchev–Trinajstić information content (AvgIpc) is 2.69. The maximum absolute atomic E-state index is 12.5. The Morgan fingerprint density at radius 1 is 1.44 bits per heavy atom. The van der Waals surface area contributed by atoms with E-state index in [1.54, 1.807) is 0 Å². The average molecular weight is 282 g/mol. The van der Waals surface area contributed by atoms with Crippen LogP contribution >= 0.6 is 0 Å². The molecule has 2 rings (SSSR count). The van der Waals surface area contributed by atoms with Crippen molar-refractivity contribution in [3.63, 3.8) is 0 Å². The van der Waals surface area contributed by atoms with Gasteiger partial charge in [-0.2, -0.15) is 0 Å². The van der Waals surface area contributed by atoms with Gasteiger partial charge in [0.2, 0.25) is 0 Å². The molecular weight excluding hydrogens is 275 g/mol. The summed E-state index contributed by atoms with van der Waals surface area (Å²) in [5.41, 5.74) is -0.606. The molecule has 0 saturated heterocycles. The number of pyridine rings is 1. The molecule has 0 aliphatic carbocycles. The molecule has 4 nitrogen and oxygen atoms in total. The number of carbonyl (C=O) groups is 1. The zero-order valence-electron chi connectivity index (χ0n) is 9.73. The van der Waals surface area contributed by atoms with Crippen molar-refractivity contribution in [2.24, 2.45) is 0 Å². The fourth-order valence-electron chi connectivity index (χ4n) is 1.46. The van der Waals surface area contributed by atoms with Crippen molar-refractivity contribution in [2.45, 2.75) is 0 Å². The molecule has 0 unspecified atom stereocenters. The number of hydrogen-bond acceptors (Lipinski definition) is 3. The van der Waals surface area contributed by atoms with E-state index >= 15 is 0 Å². The standard InChI is InChI=1S/C9H7BF3N2O2.K/c1-17-9(16)7-5-14-8-4-6(10(11,12)13)2-3-15(7)8;/h2-5H,1H3;/q-1;+1. The number of halogens is 3. The van der Waals surface area contributed by atoms with Gasteiger partial charge in [0, 0.05) is 6.20 Å². The van der Waals surface area contributed by atoms with Gasteiger partial charge in [-0.25, -0.2) is 9.78 Å². The molecule has 0 spiro atoms. The van der Waals surface area contributed by atoms with Crippen LogP contribution in [-0.2, 0) is 4.74 Å². The fourth-order valence-corrected chi connectivity index (χ4v) is 1.46. The zero-order valence-corrected chi connectivity index (χ0v) is 12.9. The minimum atomic E-state index is -5.07. The third-order valence-corrected chi connectivity index (χ3v) is 2.31. The molecule has 0 N–H and O–H groups in total. The monoisotopic (exact) mass is 282 g/mol. The van der Waals surface area contributed by atoms with Crippen LogP contribution in [0, 0.1) is 0 Å². The summed E-state index contributed by atoms with van der Waals surface area (Å²) >= 11 is 0. The number of esters is 1. The molecule has 0 atom stereocenters. The van der Waals surface area contributed by atoms with Gasteiger partial charge in [-0.3, -0.25) is 4.40 Å². The number of carbonyl (C=O) groups excluding carboxylic acids is 1. The van der Waals surface area contributed by atoms with Crippen molar-refractivity contribution < 1.29 is 73.9 Å². The summed E-state index contributed by atoms with van der Waals surface area (Å²) in [6, 6.07) is 1.80. The van der Waals surface area contributed by atoms with Crippen LogP contribution in [0.2, 0.25) is 0 Å². The predicted molar refractivity (Wildman–Crippen MR) is 55.2 cm³/mol. The summed E-state index contributed by atoms with van der Waals surface area (Å²) < 4.78 is 43.2. The van der Waals surface area contributed by atoms with Gasteiger partial charge in [0.25, 0.3) is 0 Å². The maximum atomic E-state index is 12.5. The van der Waals surface area contributed by atoms with E-state index in [9.17, 15) is 17.7 Å². The summed E-state index contributed by atoms with van der Waals surface area (Å²) in [5, 5.41) is 0. The molecule has 0 bridgehead atoms. The van der Waals surface area contributed by atoms with Crippen molar-refractivity contribution in [1.82, 2.24) is 9.38 Å². The third-order valence-electron chi connectivity index (χ3n) is 2.31. The Bertz CT molecular complexity index is 585. The summed E-state index contributed by atoms with van der Waals surface area (Å²) in [7, 11) is 1.19. The predicted octanol–water partition coefficient (Wildman–Crippen LogP) is -1.82. The number of hydrogen-bond donors (Lipinski definition) is 0. The summed E-state index contributed by atoms with van der Waals surface area (Å²) in [6.45, 7) is -5.07. The number of ether oxygens (including phenoxy) is 1. The first-order valence-corrected chi connectivity index (χ1v) is 4.69. The summed E-state index contributed by atoms with van der Waals surface area (Å²) in [5.74, 6) is -0.650. The minimum Gasteiger partial charge on any atom is -0.464 e. The van der Waals surface area contributed by atoms with Crippen molar-refractivity contribution in [3.8, 4) is 0 Å². The molecule has 0 amide bonds. The van der Waals surface area contributed by atoms with Gasteiger partial charge >= 0.3 is 64.3 Å². The second kappa shape index (κ2) is 5.74. The second-order valence-electron chi connectivity index (χ2n) is 3.40. The summed E-state index contributed by atoms with van der Waals surface area (Å²) in [4.78, 5) is 15.0. The molecule has 2 aromatic rings. The van der Waals surface area contributed by atoms with Crippen LogP contribution in [0.1, 0.15) is 10.5 Å².